The van der Waals surface area contributed by atoms with Crippen LogP contribution in [-0.4, -0.2) is 39.7 Å². The number of piperidine rings is 1. The van der Waals surface area contributed by atoms with E-state index >= 15 is 0 Å². The van der Waals surface area contributed by atoms with Gasteiger partial charge in [-0.25, -0.2) is 4.68 Å². The van der Waals surface area contributed by atoms with Gasteiger partial charge in [0.1, 0.15) is 0 Å². The molecular weight excluding hydrogens is 292 g/mol. The maximum absolute atomic E-state index is 12.6. The molecule has 6 nitrogen and oxygen atoms in total. The number of likely N-dealkylation sites (tertiary alicyclic amines) is 1. The van der Waals surface area contributed by atoms with Crippen LogP contribution >= 0.6 is 0 Å². The lowest BCUT2D eigenvalue weighted by molar-refractivity contribution is -0.120. The number of hydrogen-bond acceptors (Lipinski definition) is 4. The first kappa shape index (κ1) is 15.7. The summed E-state index contributed by atoms with van der Waals surface area (Å²) in [6.45, 7) is 5.59. The molecule has 0 radical (unpaired) electrons. The molecule has 1 atom stereocenters. The Morgan fingerprint density at radius 1 is 1.35 bits per heavy atom. The van der Waals surface area contributed by atoms with Gasteiger partial charge in [0.2, 0.25) is 5.91 Å². The third-order valence-electron chi connectivity index (χ3n) is 4.30. The molecule has 1 unspecified atom stereocenters. The van der Waals surface area contributed by atoms with Crippen molar-refractivity contribution >= 4 is 16.7 Å². The standard InChI is InChI=1S/C17H22N4O2/c1-12-15-7-3-4-8-16(15)17(23)21(19-12)11-20-9-5-6-14(10-20)18-13(2)22/h3-4,7-8,14H,5-6,9-11H2,1-2H3,(H,18,22). The summed E-state index contributed by atoms with van der Waals surface area (Å²) < 4.78 is 1.54. The van der Waals surface area contributed by atoms with Crippen LogP contribution in [0.15, 0.2) is 29.1 Å². The smallest absolute Gasteiger partial charge is 0.275 e. The molecule has 6 heteroatoms. The van der Waals surface area contributed by atoms with E-state index in [2.05, 4.69) is 15.3 Å². The van der Waals surface area contributed by atoms with E-state index in [4.69, 9.17) is 0 Å². The van der Waals surface area contributed by atoms with Crippen LogP contribution in [0, 0.1) is 6.92 Å². The fourth-order valence-electron chi connectivity index (χ4n) is 3.28. The van der Waals surface area contributed by atoms with E-state index in [0.717, 1.165) is 37.0 Å². The predicted molar refractivity (Wildman–Crippen MR) is 89.2 cm³/mol. The second-order valence-electron chi connectivity index (χ2n) is 6.19. The highest BCUT2D eigenvalue weighted by Crippen LogP contribution is 2.14. The molecule has 1 saturated heterocycles. The number of nitrogens with zero attached hydrogens (tertiary/aromatic N) is 3. The summed E-state index contributed by atoms with van der Waals surface area (Å²) in [5.41, 5.74) is 0.795. The minimum atomic E-state index is -0.0622. The van der Waals surface area contributed by atoms with Crippen LogP contribution in [0.4, 0.5) is 0 Å². The Morgan fingerprint density at radius 2 is 2.09 bits per heavy atom. The number of aromatic nitrogens is 2. The summed E-state index contributed by atoms with van der Waals surface area (Å²) in [5, 5.41) is 9.03. The molecular formula is C17H22N4O2. The number of carbonyl (C=O) groups is 1. The molecule has 1 N–H and O–H groups in total. The van der Waals surface area contributed by atoms with Gasteiger partial charge in [-0.15, -0.1) is 0 Å². The van der Waals surface area contributed by atoms with Gasteiger partial charge in [-0.2, -0.15) is 5.10 Å². The molecule has 23 heavy (non-hydrogen) atoms. The summed E-state index contributed by atoms with van der Waals surface area (Å²) in [5.74, 6) is -0.00584. The van der Waals surface area contributed by atoms with Crippen molar-refractivity contribution < 1.29 is 4.79 Å². The van der Waals surface area contributed by atoms with Gasteiger partial charge in [0.25, 0.3) is 5.56 Å². The van der Waals surface area contributed by atoms with Crippen molar-refractivity contribution in [3.8, 4) is 0 Å². The zero-order valence-electron chi connectivity index (χ0n) is 13.6. The molecule has 1 fully saturated rings. The van der Waals surface area contributed by atoms with Crippen molar-refractivity contribution in [2.75, 3.05) is 13.1 Å². The van der Waals surface area contributed by atoms with Crippen LogP contribution < -0.4 is 10.9 Å². The third kappa shape index (κ3) is 3.42. The largest absolute Gasteiger partial charge is 0.352 e. The van der Waals surface area contributed by atoms with Crippen molar-refractivity contribution in [3.05, 3.63) is 40.3 Å². The van der Waals surface area contributed by atoms with E-state index < -0.39 is 0 Å². The molecule has 0 bridgehead atoms. The minimum Gasteiger partial charge on any atom is -0.352 e. The molecule has 2 heterocycles. The summed E-state index contributed by atoms with van der Waals surface area (Å²) in [6, 6.07) is 7.72. The monoisotopic (exact) mass is 314 g/mol. The Hall–Kier alpha value is -2.21. The molecule has 122 valence electrons. The lowest BCUT2D eigenvalue weighted by Gasteiger charge is -2.32. The molecule has 1 aliphatic heterocycles. The molecule has 0 saturated carbocycles. The number of amides is 1. The quantitative estimate of drug-likeness (QED) is 0.926. The van der Waals surface area contributed by atoms with E-state index in [-0.39, 0.29) is 17.5 Å². The van der Waals surface area contributed by atoms with E-state index in [9.17, 15) is 9.59 Å². The lowest BCUT2D eigenvalue weighted by Crippen LogP contribution is -2.48. The average Bonchev–Trinajstić information content (AvgIpc) is 2.52. The number of fused-ring (bicyclic) bond motifs is 1. The summed E-state index contributed by atoms with van der Waals surface area (Å²) in [4.78, 5) is 26.0. The van der Waals surface area contributed by atoms with Gasteiger partial charge in [0, 0.05) is 31.4 Å². The third-order valence-corrected chi connectivity index (χ3v) is 4.30. The SMILES string of the molecule is CC(=O)NC1CCCN(Cn2nc(C)c3ccccc3c2=O)C1. The lowest BCUT2D eigenvalue weighted by atomic mass is 10.1. The number of carbonyl (C=O) groups excluding carboxylic acids is 1. The number of aryl methyl sites for hydroxylation is 1. The fraction of sp³-hybridized carbons (Fsp3) is 0.471. The number of nitrogens with one attached hydrogen (secondary N) is 1. The van der Waals surface area contributed by atoms with E-state index in [1.807, 2.05) is 31.2 Å². The first-order chi connectivity index (χ1) is 11.0. The first-order valence-electron chi connectivity index (χ1n) is 8.00. The molecule has 1 aromatic heterocycles. The summed E-state index contributed by atoms with van der Waals surface area (Å²) >= 11 is 0. The molecule has 0 spiro atoms. The molecule has 1 aromatic carbocycles. The van der Waals surface area contributed by atoms with Crippen molar-refractivity contribution in [2.24, 2.45) is 0 Å². The molecule has 3 rings (SSSR count). The van der Waals surface area contributed by atoms with Crippen LogP contribution in [0.5, 0.6) is 0 Å². The van der Waals surface area contributed by atoms with Crippen LogP contribution in [0.1, 0.15) is 25.5 Å². The molecule has 1 aliphatic rings. The highest BCUT2D eigenvalue weighted by atomic mass is 16.1. The number of hydrogen-bond donors (Lipinski definition) is 1. The van der Waals surface area contributed by atoms with Crippen molar-refractivity contribution in [3.63, 3.8) is 0 Å². The maximum Gasteiger partial charge on any atom is 0.275 e. The normalized spacial score (nSPS) is 19.0. The number of benzene rings is 1. The Labute approximate surface area is 135 Å². The van der Waals surface area contributed by atoms with Crippen molar-refractivity contribution in [1.82, 2.24) is 20.0 Å². The number of rotatable bonds is 3. The molecule has 2 aromatic rings. The van der Waals surface area contributed by atoms with Crippen LogP contribution in [0.3, 0.4) is 0 Å². The second kappa shape index (κ2) is 6.50. The Bertz CT molecular complexity index is 784. The average molecular weight is 314 g/mol. The van der Waals surface area contributed by atoms with Gasteiger partial charge in [-0.3, -0.25) is 14.5 Å². The van der Waals surface area contributed by atoms with E-state index in [1.165, 1.54) is 11.6 Å². The van der Waals surface area contributed by atoms with Gasteiger partial charge in [0.15, 0.2) is 0 Å². The van der Waals surface area contributed by atoms with E-state index in [1.54, 1.807) is 0 Å². The topological polar surface area (TPSA) is 67.2 Å². The van der Waals surface area contributed by atoms with Gasteiger partial charge in [0.05, 0.1) is 17.7 Å². The van der Waals surface area contributed by atoms with Crippen LogP contribution in [-0.2, 0) is 11.5 Å². The minimum absolute atomic E-state index is 0.00584. The van der Waals surface area contributed by atoms with Gasteiger partial charge < -0.3 is 5.32 Å². The molecule has 1 amide bonds. The first-order valence-corrected chi connectivity index (χ1v) is 8.00. The Kier molecular flexibility index (Phi) is 4.43. The highest BCUT2D eigenvalue weighted by molar-refractivity contribution is 5.83. The zero-order valence-corrected chi connectivity index (χ0v) is 13.6. The van der Waals surface area contributed by atoms with Gasteiger partial charge in [-0.1, -0.05) is 18.2 Å². The zero-order chi connectivity index (χ0) is 16.4. The van der Waals surface area contributed by atoms with Gasteiger partial charge in [-0.05, 0) is 25.8 Å². The Morgan fingerprint density at radius 3 is 2.83 bits per heavy atom. The highest BCUT2D eigenvalue weighted by Gasteiger charge is 2.21. The Balaban J connectivity index is 1.83. The van der Waals surface area contributed by atoms with Crippen LogP contribution in [0.25, 0.3) is 10.8 Å². The van der Waals surface area contributed by atoms with E-state index in [0.29, 0.717) is 12.1 Å². The summed E-state index contributed by atoms with van der Waals surface area (Å²) in [7, 11) is 0. The summed E-state index contributed by atoms with van der Waals surface area (Å²) in [6.07, 6.45) is 1.99. The second-order valence-corrected chi connectivity index (χ2v) is 6.19. The molecule has 0 aliphatic carbocycles. The predicted octanol–water partition coefficient (Wildman–Crippen LogP) is 1.26. The van der Waals surface area contributed by atoms with Crippen molar-refractivity contribution in [1.29, 1.82) is 0 Å². The maximum atomic E-state index is 12.6. The van der Waals surface area contributed by atoms with Crippen molar-refractivity contribution in [2.45, 2.75) is 39.4 Å². The van der Waals surface area contributed by atoms with Gasteiger partial charge >= 0.3 is 0 Å². The fourth-order valence-corrected chi connectivity index (χ4v) is 3.28. The van der Waals surface area contributed by atoms with Crippen LogP contribution in [0.2, 0.25) is 0 Å².